The van der Waals surface area contributed by atoms with Crippen molar-refractivity contribution in [3.63, 3.8) is 0 Å². The van der Waals surface area contributed by atoms with Crippen molar-refractivity contribution in [2.24, 2.45) is 0 Å². The normalized spacial score (nSPS) is 13.6. The van der Waals surface area contributed by atoms with Crippen molar-refractivity contribution in [1.82, 2.24) is 15.3 Å². The third kappa shape index (κ3) is 3.80. The summed E-state index contributed by atoms with van der Waals surface area (Å²) in [7, 11) is 1.62. The lowest BCUT2D eigenvalue weighted by molar-refractivity contribution is -0.120. The average molecular weight is 385 g/mol. The van der Waals surface area contributed by atoms with Crippen LogP contribution < -0.4 is 19.5 Å². The molecule has 1 aliphatic heterocycles. The molecule has 2 heterocycles. The van der Waals surface area contributed by atoms with E-state index in [2.05, 4.69) is 15.3 Å². The van der Waals surface area contributed by atoms with Crippen LogP contribution in [0.5, 0.6) is 17.2 Å². The van der Waals surface area contributed by atoms with E-state index in [4.69, 9.17) is 14.2 Å². The molecule has 140 valence electrons. The van der Waals surface area contributed by atoms with E-state index in [1.807, 2.05) is 43.3 Å². The molecule has 7 nitrogen and oxygen atoms in total. The molecule has 0 fully saturated rings. The largest absolute Gasteiger partial charge is 0.497 e. The lowest BCUT2D eigenvalue weighted by Crippen LogP contribution is -2.30. The van der Waals surface area contributed by atoms with Gasteiger partial charge in [-0.25, -0.2) is 4.98 Å². The summed E-state index contributed by atoms with van der Waals surface area (Å²) in [5.41, 5.74) is 2.68. The Labute approximate surface area is 160 Å². The highest BCUT2D eigenvalue weighted by Crippen LogP contribution is 2.32. The van der Waals surface area contributed by atoms with Gasteiger partial charge in [0.05, 0.1) is 23.4 Å². The number of thioether (sulfide) groups is 1. The van der Waals surface area contributed by atoms with E-state index in [9.17, 15) is 4.79 Å². The molecule has 0 aliphatic carbocycles. The van der Waals surface area contributed by atoms with Crippen LogP contribution in [0.3, 0.4) is 0 Å². The SMILES string of the molecule is COc1ccc2nc(S[C@@H](C)C(=O)NCc3ccc4c(c3)OCO4)[nH]c2c1. The third-order valence-electron chi connectivity index (χ3n) is 4.23. The predicted octanol–water partition coefficient (Wildman–Crippen LogP) is 3.10. The number of amides is 1. The summed E-state index contributed by atoms with van der Waals surface area (Å²) in [5, 5.41) is 3.35. The van der Waals surface area contributed by atoms with Gasteiger partial charge in [-0.05, 0) is 36.8 Å². The number of benzene rings is 2. The summed E-state index contributed by atoms with van der Waals surface area (Å²) in [6, 6.07) is 11.3. The Kier molecular flexibility index (Phi) is 4.81. The molecule has 2 N–H and O–H groups in total. The molecule has 0 spiro atoms. The number of carbonyl (C=O) groups is 1. The van der Waals surface area contributed by atoms with Crippen LogP contribution in [-0.4, -0.2) is 35.0 Å². The first-order chi connectivity index (χ1) is 13.1. The molecule has 3 aromatic rings. The van der Waals surface area contributed by atoms with Gasteiger partial charge in [-0.2, -0.15) is 0 Å². The van der Waals surface area contributed by atoms with Crippen LogP contribution in [0.15, 0.2) is 41.6 Å². The number of H-pyrrole nitrogens is 1. The van der Waals surface area contributed by atoms with Gasteiger partial charge in [0, 0.05) is 12.6 Å². The first-order valence-corrected chi connectivity index (χ1v) is 9.37. The molecular weight excluding hydrogens is 366 g/mol. The molecule has 27 heavy (non-hydrogen) atoms. The number of nitrogens with one attached hydrogen (secondary N) is 2. The quantitative estimate of drug-likeness (QED) is 0.634. The molecular formula is C19H19N3O4S. The second-order valence-electron chi connectivity index (χ2n) is 6.09. The zero-order valence-electron chi connectivity index (χ0n) is 14.9. The summed E-state index contributed by atoms with van der Waals surface area (Å²) in [6.45, 7) is 2.52. The number of carbonyl (C=O) groups excluding carboxylic acids is 1. The number of aromatic nitrogens is 2. The second-order valence-corrected chi connectivity index (χ2v) is 7.42. The average Bonchev–Trinajstić information content (AvgIpc) is 3.30. The monoisotopic (exact) mass is 385 g/mol. The molecule has 1 atom stereocenters. The van der Waals surface area contributed by atoms with E-state index in [1.165, 1.54) is 11.8 Å². The van der Waals surface area contributed by atoms with Gasteiger partial charge in [0.2, 0.25) is 12.7 Å². The summed E-state index contributed by atoms with van der Waals surface area (Å²) in [5.74, 6) is 2.14. The number of ether oxygens (including phenoxy) is 3. The van der Waals surface area contributed by atoms with Crippen LogP contribution in [0.4, 0.5) is 0 Å². The molecule has 8 heteroatoms. The van der Waals surface area contributed by atoms with Crippen molar-refractivity contribution < 1.29 is 19.0 Å². The van der Waals surface area contributed by atoms with E-state index in [0.717, 1.165) is 28.1 Å². The first kappa shape index (κ1) is 17.5. The molecule has 0 radical (unpaired) electrons. The number of imidazole rings is 1. The number of hydrogen-bond acceptors (Lipinski definition) is 6. The van der Waals surface area contributed by atoms with Crippen molar-refractivity contribution in [3.8, 4) is 17.2 Å². The Balaban J connectivity index is 1.36. The standard InChI is InChI=1S/C19H19N3O4S/c1-11(27-19-21-14-5-4-13(24-2)8-15(14)22-19)18(23)20-9-12-3-6-16-17(7-12)26-10-25-16/h3-8,11H,9-10H2,1-2H3,(H,20,23)(H,21,22)/t11-/m0/s1. The Morgan fingerprint density at radius 3 is 3.00 bits per heavy atom. The topological polar surface area (TPSA) is 85.5 Å². The molecule has 2 aromatic carbocycles. The summed E-state index contributed by atoms with van der Waals surface area (Å²) >= 11 is 1.38. The van der Waals surface area contributed by atoms with Gasteiger partial charge in [0.25, 0.3) is 0 Å². The molecule has 0 bridgehead atoms. The van der Waals surface area contributed by atoms with Crippen LogP contribution in [0.2, 0.25) is 0 Å². The predicted molar refractivity (Wildman–Crippen MR) is 102 cm³/mol. The van der Waals surface area contributed by atoms with Gasteiger partial charge in [0.15, 0.2) is 16.7 Å². The summed E-state index contributed by atoms with van der Waals surface area (Å²) in [6.07, 6.45) is 0. The van der Waals surface area contributed by atoms with Crippen LogP contribution in [0.25, 0.3) is 11.0 Å². The molecule has 1 aliphatic rings. The molecule has 0 unspecified atom stereocenters. The minimum absolute atomic E-state index is 0.0595. The Hall–Kier alpha value is -2.87. The smallest absolute Gasteiger partial charge is 0.233 e. The zero-order valence-corrected chi connectivity index (χ0v) is 15.8. The zero-order chi connectivity index (χ0) is 18.8. The van der Waals surface area contributed by atoms with Crippen molar-refractivity contribution in [1.29, 1.82) is 0 Å². The lowest BCUT2D eigenvalue weighted by atomic mass is 10.2. The summed E-state index contributed by atoms with van der Waals surface area (Å²) in [4.78, 5) is 20.1. The fraction of sp³-hybridized carbons (Fsp3) is 0.263. The Bertz CT molecular complexity index is 988. The van der Waals surface area contributed by atoms with Gasteiger partial charge in [-0.15, -0.1) is 0 Å². The number of nitrogens with zero attached hydrogens (tertiary/aromatic N) is 1. The van der Waals surface area contributed by atoms with Gasteiger partial charge < -0.3 is 24.5 Å². The highest BCUT2D eigenvalue weighted by Gasteiger charge is 2.18. The number of fused-ring (bicyclic) bond motifs is 2. The van der Waals surface area contributed by atoms with Crippen LogP contribution in [-0.2, 0) is 11.3 Å². The minimum atomic E-state index is -0.290. The van der Waals surface area contributed by atoms with Gasteiger partial charge in [0.1, 0.15) is 5.75 Å². The third-order valence-corrected chi connectivity index (χ3v) is 5.21. The first-order valence-electron chi connectivity index (χ1n) is 8.49. The van der Waals surface area contributed by atoms with Gasteiger partial charge >= 0.3 is 0 Å². The highest BCUT2D eigenvalue weighted by molar-refractivity contribution is 8.00. The maximum Gasteiger partial charge on any atom is 0.233 e. The number of methoxy groups -OCH3 is 1. The Morgan fingerprint density at radius 2 is 2.15 bits per heavy atom. The van der Waals surface area contributed by atoms with Crippen molar-refractivity contribution in [2.45, 2.75) is 23.9 Å². The maximum atomic E-state index is 12.4. The van der Waals surface area contributed by atoms with E-state index < -0.39 is 0 Å². The van der Waals surface area contributed by atoms with Crippen molar-refractivity contribution >= 4 is 28.7 Å². The fourth-order valence-electron chi connectivity index (χ4n) is 2.75. The highest BCUT2D eigenvalue weighted by atomic mass is 32.2. The maximum absolute atomic E-state index is 12.4. The Morgan fingerprint density at radius 1 is 1.30 bits per heavy atom. The van der Waals surface area contributed by atoms with Gasteiger partial charge in [-0.3, -0.25) is 4.79 Å². The molecule has 0 saturated heterocycles. The van der Waals surface area contributed by atoms with E-state index in [-0.39, 0.29) is 18.0 Å². The minimum Gasteiger partial charge on any atom is -0.497 e. The second kappa shape index (κ2) is 7.40. The number of rotatable bonds is 6. The van der Waals surface area contributed by atoms with Crippen LogP contribution >= 0.6 is 11.8 Å². The van der Waals surface area contributed by atoms with Crippen LogP contribution in [0, 0.1) is 0 Å². The summed E-state index contributed by atoms with van der Waals surface area (Å²) < 4.78 is 15.9. The van der Waals surface area contributed by atoms with Crippen molar-refractivity contribution in [2.75, 3.05) is 13.9 Å². The van der Waals surface area contributed by atoms with Gasteiger partial charge in [-0.1, -0.05) is 17.8 Å². The lowest BCUT2D eigenvalue weighted by Gasteiger charge is -2.11. The number of aromatic amines is 1. The molecule has 1 amide bonds. The van der Waals surface area contributed by atoms with E-state index in [1.54, 1.807) is 7.11 Å². The van der Waals surface area contributed by atoms with E-state index in [0.29, 0.717) is 17.5 Å². The van der Waals surface area contributed by atoms with E-state index >= 15 is 0 Å². The van der Waals surface area contributed by atoms with Crippen LogP contribution in [0.1, 0.15) is 12.5 Å². The molecule has 0 saturated carbocycles. The molecule has 4 rings (SSSR count). The fourth-order valence-corrected chi connectivity index (χ4v) is 3.60. The molecule has 1 aromatic heterocycles. The van der Waals surface area contributed by atoms with Crippen molar-refractivity contribution in [3.05, 3.63) is 42.0 Å². The number of hydrogen-bond donors (Lipinski definition) is 2.